The average Bonchev–Trinajstić information content (AvgIpc) is 2.17. The fourth-order valence-corrected chi connectivity index (χ4v) is 1.27. The summed E-state index contributed by atoms with van der Waals surface area (Å²) in [5.41, 5.74) is 2.28. The van der Waals surface area contributed by atoms with Crippen LogP contribution in [-0.2, 0) is 4.79 Å². The van der Waals surface area contributed by atoms with Crippen LogP contribution in [0.3, 0.4) is 0 Å². The molecule has 0 aliphatic rings. The Bertz CT molecular complexity index is 441. The largest absolute Gasteiger partial charge is 0.504 e. The van der Waals surface area contributed by atoms with E-state index in [4.69, 9.17) is 4.74 Å². The third-order valence-electron chi connectivity index (χ3n) is 2.14. The van der Waals surface area contributed by atoms with Crippen LogP contribution in [0.2, 0.25) is 0 Å². The van der Waals surface area contributed by atoms with E-state index in [2.05, 4.69) is 0 Å². The smallest absolute Gasteiger partial charge is 0.336 e. The number of phenolic OH excluding ortho intramolecular Hbond substituents is 1. The molecule has 1 aromatic rings. The van der Waals surface area contributed by atoms with Gasteiger partial charge < -0.3 is 9.84 Å². The number of benzene rings is 1. The van der Waals surface area contributed by atoms with E-state index in [9.17, 15) is 9.90 Å². The molecule has 1 N–H and O–H groups in total. The van der Waals surface area contributed by atoms with E-state index < -0.39 is 5.97 Å². The highest BCUT2D eigenvalue weighted by molar-refractivity contribution is 5.85. The summed E-state index contributed by atoms with van der Waals surface area (Å²) in [4.78, 5) is 11.4. The molecule has 3 heteroatoms. The lowest BCUT2D eigenvalue weighted by atomic mass is 10.1. The molecule has 0 unspecified atom stereocenters. The van der Waals surface area contributed by atoms with Crippen LogP contribution in [0.25, 0.3) is 0 Å². The minimum atomic E-state index is -0.469. The zero-order valence-electron chi connectivity index (χ0n) is 10.00. The maximum atomic E-state index is 11.4. The van der Waals surface area contributed by atoms with E-state index in [0.717, 1.165) is 11.1 Å². The number of aromatic hydroxyl groups is 1. The van der Waals surface area contributed by atoms with E-state index in [1.54, 1.807) is 26.0 Å². The molecule has 0 atom stereocenters. The summed E-state index contributed by atoms with van der Waals surface area (Å²) in [6.07, 6.45) is 1.39. The van der Waals surface area contributed by atoms with Crippen molar-refractivity contribution in [2.75, 3.05) is 0 Å². The van der Waals surface area contributed by atoms with Crippen LogP contribution >= 0.6 is 0 Å². The molecule has 1 rings (SSSR count). The Labute approximate surface area is 95.4 Å². The molecule has 0 fully saturated rings. The molecule has 0 amide bonds. The van der Waals surface area contributed by atoms with Crippen LogP contribution in [0.15, 0.2) is 23.8 Å². The summed E-state index contributed by atoms with van der Waals surface area (Å²) in [5.74, 6) is -0.206. The second kappa shape index (κ2) is 4.84. The third-order valence-corrected chi connectivity index (χ3v) is 2.14. The molecule has 0 saturated heterocycles. The van der Waals surface area contributed by atoms with E-state index in [-0.39, 0.29) is 11.5 Å². The van der Waals surface area contributed by atoms with Crippen LogP contribution in [0.4, 0.5) is 0 Å². The Hall–Kier alpha value is -1.77. The third kappa shape index (κ3) is 2.86. The first-order chi connectivity index (χ1) is 7.41. The normalized spacial score (nSPS) is 9.75. The maximum Gasteiger partial charge on any atom is 0.336 e. The summed E-state index contributed by atoms with van der Waals surface area (Å²) < 4.78 is 5.10. The highest BCUT2D eigenvalue weighted by atomic mass is 16.5. The molecular formula is C13H16O3. The van der Waals surface area contributed by atoms with Crippen LogP contribution in [-0.4, -0.2) is 11.1 Å². The van der Waals surface area contributed by atoms with Gasteiger partial charge in [-0.15, -0.1) is 0 Å². The molecule has 0 aromatic heterocycles. The molecule has 1 aromatic carbocycles. The first kappa shape index (κ1) is 12.3. The van der Waals surface area contributed by atoms with Gasteiger partial charge in [0.2, 0.25) is 0 Å². The van der Waals surface area contributed by atoms with Crippen molar-refractivity contribution in [1.82, 2.24) is 0 Å². The second-order valence-electron chi connectivity index (χ2n) is 4.02. The van der Waals surface area contributed by atoms with Gasteiger partial charge in [-0.05, 0) is 38.8 Å². The number of carbonyl (C=O) groups excluding carboxylic acids is 1. The van der Waals surface area contributed by atoms with Crippen molar-refractivity contribution in [2.45, 2.75) is 27.7 Å². The maximum absolute atomic E-state index is 11.4. The lowest BCUT2D eigenvalue weighted by Gasteiger charge is -2.09. The first-order valence-corrected chi connectivity index (χ1v) is 5.07. The molecule has 0 aliphatic carbocycles. The monoisotopic (exact) mass is 220 g/mol. The molecule has 86 valence electrons. The van der Waals surface area contributed by atoms with Crippen LogP contribution in [0, 0.1) is 13.8 Å². The predicted octanol–water partition coefficient (Wildman–Crippen LogP) is 2.88. The first-order valence-electron chi connectivity index (χ1n) is 5.07. The minimum absolute atomic E-state index is 0.0236. The van der Waals surface area contributed by atoms with E-state index in [1.165, 1.54) is 6.08 Å². The van der Waals surface area contributed by atoms with Gasteiger partial charge in [-0.3, -0.25) is 0 Å². The van der Waals surface area contributed by atoms with E-state index >= 15 is 0 Å². The average molecular weight is 220 g/mol. The number of phenols is 1. The van der Waals surface area contributed by atoms with Crippen LogP contribution in [0.1, 0.15) is 25.0 Å². The highest BCUT2D eigenvalue weighted by Gasteiger charge is 2.12. The van der Waals surface area contributed by atoms with Gasteiger partial charge in [-0.1, -0.05) is 17.7 Å². The van der Waals surface area contributed by atoms with Crippen molar-refractivity contribution in [3.05, 3.63) is 34.9 Å². The van der Waals surface area contributed by atoms with Crippen molar-refractivity contribution in [3.8, 4) is 11.5 Å². The predicted molar refractivity (Wildman–Crippen MR) is 62.6 cm³/mol. The Balaban J connectivity index is 3.02. The molecule has 0 aliphatic heterocycles. The summed E-state index contributed by atoms with van der Waals surface area (Å²) in [6, 6.07) is 3.59. The van der Waals surface area contributed by atoms with Crippen molar-refractivity contribution in [3.63, 3.8) is 0 Å². The SMILES string of the molecule is CC(C)=CC(=O)Oc1c(C)ccc(C)c1O. The topological polar surface area (TPSA) is 46.5 Å². The van der Waals surface area contributed by atoms with Gasteiger partial charge >= 0.3 is 5.97 Å². The fourth-order valence-electron chi connectivity index (χ4n) is 1.27. The Morgan fingerprint density at radius 2 is 1.81 bits per heavy atom. The number of carbonyl (C=O) groups is 1. The van der Waals surface area contributed by atoms with Gasteiger partial charge in [0.15, 0.2) is 11.5 Å². The standard InChI is InChI=1S/C13H16O3/c1-8(2)7-11(14)16-13-10(4)6-5-9(3)12(13)15/h5-7,15H,1-4H3. The quantitative estimate of drug-likeness (QED) is 0.473. The molecule has 0 spiro atoms. The molecular weight excluding hydrogens is 204 g/mol. The number of aryl methyl sites for hydroxylation is 2. The van der Waals surface area contributed by atoms with Crippen molar-refractivity contribution < 1.29 is 14.6 Å². The molecule has 0 heterocycles. The van der Waals surface area contributed by atoms with E-state index in [1.807, 2.05) is 13.8 Å². The number of allylic oxidation sites excluding steroid dienone is 1. The summed E-state index contributed by atoms with van der Waals surface area (Å²) in [7, 11) is 0. The van der Waals surface area contributed by atoms with Gasteiger partial charge in [0, 0.05) is 6.08 Å². The van der Waals surface area contributed by atoms with Crippen LogP contribution < -0.4 is 4.74 Å². The van der Waals surface area contributed by atoms with E-state index in [0.29, 0.717) is 5.56 Å². The zero-order valence-corrected chi connectivity index (χ0v) is 10.00. The lowest BCUT2D eigenvalue weighted by molar-refractivity contribution is -0.129. The van der Waals surface area contributed by atoms with Crippen molar-refractivity contribution >= 4 is 5.97 Å². The fraction of sp³-hybridized carbons (Fsp3) is 0.308. The van der Waals surface area contributed by atoms with Crippen molar-refractivity contribution in [2.24, 2.45) is 0 Å². The van der Waals surface area contributed by atoms with Gasteiger partial charge in [-0.25, -0.2) is 4.79 Å². The van der Waals surface area contributed by atoms with Gasteiger partial charge in [0.1, 0.15) is 0 Å². The summed E-state index contributed by atoms with van der Waals surface area (Å²) >= 11 is 0. The molecule has 3 nitrogen and oxygen atoms in total. The molecule has 16 heavy (non-hydrogen) atoms. The highest BCUT2D eigenvalue weighted by Crippen LogP contribution is 2.33. The number of ether oxygens (including phenoxy) is 1. The summed E-state index contributed by atoms with van der Waals surface area (Å²) in [6.45, 7) is 7.16. The Morgan fingerprint density at radius 3 is 2.38 bits per heavy atom. The number of esters is 1. The molecule has 0 radical (unpaired) electrons. The van der Waals surface area contributed by atoms with Crippen molar-refractivity contribution in [1.29, 1.82) is 0 Å². The molecule has 0 bridgehead atoms. The lowest BCUT2D eigenvalue weighted by Crippen LogP contribution is -2.06. The minimum Gasteiger partial charge on any atom is -0.504 e. The number of hydrogen-bond donors (Lipinski definition) is 1. The van der Waals surface area contributed by atoms with Crippen LogP contribution in [0.5, 0.6) is 11.5 Å². The zero-order chi connectivity index (χ0) is 12.3. The number of rotatable bonds is 2. The Kier molecular flexibility index (Phi) is 3.72. The molecule has 0 saturated carbocycles. The van der Waals surface area contributed by atoms with Gasteiger partial charge in [0.25, 0.3) is 0 Å². The Morgan fingerprint density at radius 1 is 1.25 bits per heavy atom. The second-order valence-corrected chi connectivity index (χ2v) is 4.02. The van der Waals surface area contributed by atoms with Gasteiger partial charge in [0.05, 0.1) is 0 Å². The number of hydrogen-bond acceptors (Lipinski definition) is 3. The van der Waals surface area contributed by atoms with Gasteiger partial charge in [-0.2, -0.15) is 0 Å². The summed E-state index contributed by atoms with van der Waals surface area (Å²) in [5, 5.41) is 9.76.